The molecule has 2 rings (SSSR count). The molecule has 0 unspecified atom stereocenters. The summed E-state index contributed by atoms with van der Waals surface area (Å²) in [5.74, 6) is 0.0474. The second kappa shape index (κ2) is 7.77. The standard InChI is InChI=1S/C19H27FN2O2/c1-14(2)10-17(23)22-9-5-8-19(3,13-22)18(24)21-12-15-6-4-7-16(20)11-15/h4,6-7,11,14H,5,8-10,12-13H2,1-3H3,(H,21,24)/t19-/m1/s1. The fourth-order valence-electron chi connectivity index (χ4n) is 3.16. The van der Waals surface area contributed by atoms with E-state index in [1.54, 1.807) is 12.1 Å². The number of nitrogens with zero attached hydrogens (tertiary/aromatic N) is 1. The third-order valence-corrected chi connectivity index (χ3v) is 4.52. The first-order valence-electron chi connectivity index (χ1n) is 8.61. The van der Waals surface area contributed by atoms with E-state index in [0.29, 0.717) is 25.4 Å². The number of nitrogens with one attached hydrogen (secondary N) is 1. The highest BCUT2D eigenvalue weighted by molar-refractivity contribution is 5.84. The summed E-state index contributed by atoms with van der Waals surface area (Å²) in [5.41, 5.74) is 0.147. The number of hydrogen-bond acceptors (Lipinski definition) is 2. The van der Waals surface area contributed by atoms with Crippen molar-refractivity contribution in [2.75, 3.05) is 13.1 Å². The molecule has 0 aromatic heterocycles. The summed E-state index contributed by atoms with van der Waals surface area (Å²) in [7, 11) is 0. The minimum atomic E-state index is -0.585. The molecule has 0 radical (unpaired) electrons. The predicted molar refractivity (Wildman–Crippen MR) is 91.6 cm³/mol. The molecule has 1 fully saturated rings. The molecule has 1 aliphatic heterocycles. The highest BCUT2D eigenvalue weighted by Gasteiger charge is 2.39. The average Bonchev–Trinajstić information content (AvgIpc) is 2.52. The van der Waals surface area contributed by atoms with Gasteiger partial charge in [0.25, 0.3) is 0 Å². The molecular formula is C19H27FN2O2. The topological polar surface area (TPSA) is 49.4 Å². The lowest BCUT2D eigenvalue weighted by Gasteiger charge is -2.39. The number of hydrogen-bond donors (Lipinski definition) is 1. The van der Waals surface area contributed by atoms with Gasteiger partial charge in [-0.05, 0) is 43.4 Å². The van der Waals surface area contributed by atoms with E-state index in [1.165, 1.54) is 12.1 Å². The van der Waals surface area contributed by atoms with Gasteiger partial charge in [0.15, 0.2) is 0 Å². The monoisotopic (exact) mass is 334 g/mol. The zero-order chi connectivity index (χ0) is 17.7. The Labute approximate surface area is 143 Å². The van der Waals surface area contributed by atoms with E-state index in [0.717, 1.165) is 24.9 Å². The van der Waals surface area contributed by atoms with Gasteiger partial charge in [-0.25, -0.2) is 4.39 Å². The summed E-state index contributed by atoms with van der Waals surface area (Å²) >= 11 is 0. The Morgan fingerprint density at radius 1 is 1.38 bits per heavy atom. The Morgan fingerprint density at radius 3 is 2.79 bits per heavy atom. The van der Waals surface area contributed by atoms with E-state index >= 15 is 0 Å². The molecule has 1 aliphatic rings. The largest absolute Gasteiger partial charge is 0.351 e. The zero-order valence-corrected chi connectivity index (χ0v) is 14.8. The normalized spacial score (nSPS) is 21.0. The second-order valence-electron chi connectivity index (χ2n) is 7.39. The maximum absolute atomic E-state index is 13.2. The molecule has 132 valence electrons. The Kier molecular flexibility index (Phi) is 5.97. The number of carbonyl (C=O) groups excluding carboxylic acids is 2. The molecule has 0 bridgehead atoms. The molecule has 5 heteroatoms. The van der Waals surface area contributed by atoms with Gasteiger partial charge in [0.1, 0.15) is 5.82 Å². The van der Waals surface area contributed by atoms with Gasteiger partial charge in [0.05, 0.1) is 5.41 Å². The van der Waals surface area contributed by atoms with Gasteiger partial charge in [-0.1, -0.05) is 26.0 Å². The maximum atomic E-state index is 13.2. The number of halogens is 1. The van der Waals surface area contributed by atoms with Crippen LogP contribution in [0.1, 0.15) is 45.6 Å². The fraction of sp³-hybridized carbons (Fsp3) is 0.579. The van der Waals surface area contributed by atoms with E-state index in [2.05, 4.69) is 5.32 Å². The van der Waals surface area contributed by atoms with Crippen molar-refractivity contribution in [3.05, 3.63) is 35.6 Å². The first-order valence-corrected chi connectivity index (χ1v) is 8.61. The Morgan fingerprint density at radius 2 is 2.12 bits per heavy atom. The Balaban J connectivity index is 1.95. The summed E-state index contributed by atoms with van der Waals surface area (Å²) < 4.78 is 13.2. The summed E-state index contributed by atoms with van der Waals surface area (Å²) in [4.78, 5) is 26.7. The molecule has 0 aliphatic carbocycles. The number of likely N-dealkylation sites (tertiary alicyclic amines) is 1. The van der Waals surface area contributed by atoms with E-state index in [1.807, 2.05) is 25.7 Å². The summed E-state index contributed by atoms with van der Waals surface area (Å²) in [6.45, 7) is 7.42. The quantitative estimate of drug-likeness (QED) is 0.899. The van der Waals surface area contributed by atoms with Crippen molar-refractivity contribution in [3.8, 4) is 0 Å². The first kappa shape index (κ1) is 18.4. The van der Waals surface area contributed by atoms with Gasteiger partial charge < -0.3 is 10.2 Å². The van der Waals surface area contributed by atoms with Crippen molar-refractivity contribution in [1.82, 2.24) is 10.2 Å². The predicted octanol–water partition coefficient (Wildman–Crippen LogP) is 3.12. The number of benzene rings is 1. The van der Waals surface area contributed by atoms with E-state index in [9.17, 15) is 14.0 Å². The van der Waals surface area contributed by atoms with Crippen LogP contribution < -0.4 is 5.32 Å². The molecule has 0 spiro atoms. The minimum absolute atomic E-state index is 0.0752. The van der Waals surface area contributed by atoms with Gasteiger partial charge in [0.2, 0.25) is 11.8 Å². The Bertz CT molecular complexity index is 603. The molecule has 1 aromatic rings. The van der Waals surface area contributed by atoms with Gasteiger partial charge >= 0.3 is 0 Å². The van der Waals surface area contributed by atoms with Crippen LogP contribution in [0.3, 0.4) is 0 Å². The molecule has 0 saturated carbocycles. The lowest BCUT2D eigenvalue weighted by Crippen LogP contribution is -2.51. The van der Waals surface area contributed by atoms with E-state index in [-0.39, 0.29) is 17.6 Å². The van der Waals surface area contributed by atoms with Crippen LogP contribution in [-0.4, -0.2) is 29.8 Å². The highest BCUT2D eigenvalue weighted by atomic mass is 19.1. The molecule has 1 heterocycles. The van der Waals surface area contributed by atoms with Crippen LogP contribution in [0.4, 0.5) is 4.39 Å². The number of amides is 2. The summed E-state index contributed by atoms with van der Waals surface area (Å²) in [6, 6.07) is 6.21. The lowest BCUT2D eigenvalue weighted by atomic mass is 9.80. The molecule has 1 saturated heterocycles. The zero-order valence-electron chi connectivity index (χ0n) is 14.8. The van der Waals surface area contributed by atoms with Crippen LogP contribution in [0.15, 0.2) is 24.3 Å². The Hall–Kier alpha value is -1.91. The van der Waals surface area contributed by atoms with Gasteiger partial charge in [0, 0.05) is 26.1 Å². The summed E-state index contributed by atoms with van der Waals surface area (Å²) in [6.07, 6.45) is 2.10. The summed E-state index contributed by atoms with van der Waals surface area (Å²) in [5, 5.41) is 2.89. The SMILES string of the molecule is CC(C)CC(=O)N1CCC[C@@](C)(C(=O)NCc2cccc(F)c2)C1. The van der Waals surface area contributed by atoms with Crippen molar-refractivity contribution >= 4 is 11.8 Å². The van der Waals surface area contributed by atoms with Crippen molar-refractivity contribution in [2.24, 2.45) is 11.3 Å². The third-order valence-electron chi connectivity index (χ3n) is 4.52. The van der Waals surface area contributed by atoms with Crippen molar-refractivity contribution in [2.45, 2.75) is 46.6 Å². The maximum Gasteiger partial charge on any atom is 0.227 e. The molecule has 1 atom stereocenters. The van der Waals surface area contributed by atoms with Crippen molar-refractivity contribution < 1.29 is 14.0 Å². The third kappa shape index (κ3) is 4.79. The van der Waals surface area contributed by atoms with Crippen molar-refractivity contribution in [1.29, 1.82) is 0 Å². The minimum Gasteiger partial charge on any atom is -0.351 e. The lowest BCUT2D eigenvalue weighted by molar-refractivity contribution is -0.141. The smallest absolute Gasteiger partial charge is 0.227 e. The van der Waals surface area contributed by atoms with Crippen LogP contribution in [0, 0.1) is 17.2 Å². The molecule has 4 nitrogen and oxygen atoms in total. The molecule has 1 N–H and O–H groups in total. The molecule has 2 amide bonds. The number of carbonyl (C=O) groups is 2. The molecule has 1 aromatic carbocycles. The van der Waals surface area contributed by atoms with Crippen LogP contribution in [0.25, 0.3) is 0 Å². The van der Waals surface area contributed by atoms with Crippen LogP contribution in [-0.2, 0) is 16.1 Å². The van der Waals surface area contributed by atoms with Crippen LogP contribution in [0.2, 0.25) is 0 Å². The van der Waals surface area contributed by atoms with Crippen LogP contribution in [0.5, 0.6) is 0 Å². The highest BCUT2D eigenvalue weighted by Crippen LogP contribution is 2.30. The van der Waals surface area contributed by atoms with Gasteiger partial charge in [-0.15, -0.1) is 0 Å². The van der Waals surface area contributed by atoms with Crippen LogP contribution >= 0.6 is 0 Å². The number of rotatable bonds is 5. The average molecular weight is 334 g/mol. The van der Waals surface area contributed by atoms with Gasteiger partial charge in [-0.2, -0.15) is 0 Å². The van der Waals surface area contributed by atoms with E-state index < -0.39 is 5.41 Å². The van der Waals surface area contributed by atoms with E-state index in [4.69, 9.17) is 0 Å². The molecule has 24 heavy (non-hydrogen) atoms. The number of piperidine rings is 1. The molecular weight excluding hydrogens is 307 g/mol. The first-order chi connectivity index (χ1) is 11.3. The second-order valence-corrected chi connectivity index (χ2v) is 7.39. The van der Waals surface area contributed by atoms with Gasteiger partial charge in [-0.3, -0.25) is 9.59 Å². The van der Waals surface area contributed by atoms with Crippen molar-refractivity contribution in [3.63, 3.8) is 0 Å². The fourth-order valence-corrected chi connectivity index (χ4v) is 3.16.